The molecule has 0 aliphatic heterocycles. The minimum Gasteiger partial charge on any atom is -0.453 e. The molecule has 166 valence electrons. The van der Waals surface area contributed by atoms with E-state index >= 15 is 0 Å². The molecule has 1 amide bonds. The van der Waals surface area contributed by atoms with Crippen molar-refractivity contribution in [2.75, 3.05) is 5.32 Å². The van der Waals surface area contributed by atoms with E-state index in [4.69, 9.17) is 16.3 Å². The second-order valence-corrected chi connectivity index (χ2v) is 7.36. The smallest absolute Gasteiger partial charge is 0.307 e. The number of carbonyl (C=O) groups is 2. The number of carbonyl (C=O) groups excluding carboxylic acids is 2. The molecular formula is C21H19ClN4O6. The minimum atomic E-state index is -1.14. The van der Waals surface area contributed by atoms with E-state index in [1.165, 1.54) is 23.6 Å². The van der Waals surface area contributed by atoms with Gasteiger partial charge >= 0.3 is 5.97 Å². The highest BCUT2D eigenvalue weighted by atomic mass is 35.5. The number of rotatable bonds is 7. The normalized spacial score (nSPS) is 11.7. The first kappa shape index (κ1) is 22.9. The van der Waals surface area contributed by atoms with Crippen LogP contribution in [0.5, 0.6) is 0 Å². The van der Waals surface area contributed by atoms with E-state index in [1.54, 1.807) is 31.3 Å². The first-order chi connectivity index (χ1) is 15.2. The average Bonchev–Trinajstić information content (AvgIpc) is 2.76. The van der Waals surface area contributed by atoms with E-state index in [1.807, 2.05) is 0 Å². The molecule has 10 nitrogen and oxygen atoms in total. The Kier molecular flexibility index (Phi) is 6.84. The van der Waals surface area contributed by atoms with Crippen molar-refractivity contribution in [1.29, 1.82) is 0 Å². The predicted molar refractivity (Wildman–Crippen MR) is 118 cm³/mol. The van der Waals surface area contributed by atoms with E-state index in [0.29, 0.717) is 16.7 Å². The molecular weight excluding hydrogens is 440 g/mol. The molecule has 0 fully saturated rings. The van der Waals surface area contributed by atoms with Crippen LogP contribution in [-0.2, 0) is 27.8 Å². The monoisotopic (exact) mass is 458 g/mol. The molecule has 0 spiro atoms. The molecule has 0 saturated heterocycles. The highest BCUT2D eigenvalue weighted by Gasteiger charge is 2.20. The topological polar surface area (TPSA) is 133 Å². The number of esters is 1. The molecule has 0 bridgehead atoms. The number of nitrogens with one attached hydrogen (secondary N) is 1. The lowest BCUT2D eigenvalue weighted by atomic mass is 10.2. The van der Waals surface area contributed by atoms with Crippen molar-refractivity contribution in [1.82, 2.24) is 9.55 Å². The van der Waals surface area contributed by atoms with Gasteiger partial charge in [0.2, 0.25) is 0 Å². The van der Waals surface area contributed by atoms with Gasteiger partial charge in [-0.15, -0.1) is 0 Å². The summed E-state index contributed by atoms with van der Waals surface area (Å²) in [5.74, 6) is -0.879. The Balaban J connectivity index is 1.60. The van der Waals surface area contributed by atoms with Crippen LogP contribution in [0, 0.1) is 10.1 Å². The van der Waals surface area contributed by atoms with Crippen LogP contribution in [0.3, 0.4) is 0 Å². The number of benzene rings is 2. The number of para-hydroxylation sites is 1. The van der Waals surface area contributed by atoms with Gasteiger partial charge in [-0.1, -0.05) is 23.7 Å². The maximum atomic E-state index is 12.4. The first-order valence-electron chi connectivity index (χ1n) is 9.56. The number of hydrogen-bond acceptors (Lipinski definition) is 7. The Morgan fingerprint density at radius 3 is 2.69 bits per heavy atom. The molecule has 0 aliphatic rings. The SMILES string of the molecule is CC(OC(=O)CCc1nc2ccccc2c(=O)n1C)C(=O)Nc1ccc([N+](=O)[O-])cc1Cl. The number of amides is 1. The summed E-state index contributed by atoms with van der Waals surface area (Å²) < 4.78 is 6.53. The molecule has 1 unspecified atom stereocenters. The second-order valence-electron chi connectivity index (χ2n) is 6.95. The van der Waals surface area contributed by atoms with Gasteiger partial charge in [-0.05, 0) is 25.1 Å². The van der Waals surface area contributed by atoms with Crippen LogP contribution in [0.4, 0.5) is 11.4 Å². The van der Waals surface area contributed by atoms with E-state index in [-0.39, 0.29) is 34.8 Å². The van der Waals surface area contributed by atoms with Crippen molar-refractivity contribution >= 4 is 45.8 Å². The van der Waals surface area contributed by atoms with Crippen LogP contribution in [0.1, 0.15) is 19.2 Å². The summed E-state index contributed by atoms with van der Waals surface area (Å²) >= 11 is 5.95. The van der Waals surface area contributed by atoms with Crippen LogP contribution in [-0.4, -0.2) is 32.5 Å². The minimum absolute atomic E-state index is 0.0191. The zero-order valence-corrected chi connectivity index (χ0v) is 18.0. The highest BCUT2D eigenvalue weighted by molar-refractivity contribution is 6.34. The molecule has 1 N–H and O–H groups in total. The fraction of sp³-hybridized carbons (Fsp3) is 0.238. The fourth-order valence-corrected chi connectivity index (χ4v) is 3.19. The number of aryl methyl sites for hydroxylation is 1. The molecule has 1 aromatic heterocycles. The van der Waals surface area contributed by atoms with Crippen molar-refractivity contribution in [3.8, 4) is 0 Å². The molecule has 2 aromatic carbocycles. The molecule has 0 radical (unpaired) electrons. The number of halogens is 1. The third-order valence-electron chi connectivity index (χ3n) is 4.73. The van der Waals surface area contributed by atoms with Gasteiger partial charge in [0.25, 0.3) is 17.2 Å². The maximum absolute atomic E-state index is 12.4. The Morgan fingerprint density at radius 2 is 2.00 bits per heavy atom. The second kappa shape index (κ2) is 9.56. The van der Waals surface area contributed by atoms with Crippen LogP contribution < -0.4 is 10.9 Å². The summed E-state index contributed by atoms with van der Waals surface area (Å²) in [5, 5.41) is 13.7. The van der Waals surface area contributed by atoms with Crippen LogP contribution >= 0.6 is 11.6 Å². The van der Waals surface area contributed by atoms with E-state index in [2.05, 4.69) is 10.3 Å². The number of anilines is 1. The number of nitro groups is 1. The first-order valence-corrected chi connectivity index (χ1v) is 9.94. The number of nitrogens with zero attached hydrogens (tertiary/aromatic N) is 3. The third kappa shape index (κ3) is 5.09. The highest BCUT2D eigenvalue weighted by Crippen LogP contribution is 2.26. The summed E-state index contributed by atoms with van der Waals surface area (Å²) in [6.45, 7) is 1.39. The summed E-state index contributed by atoms with van der Waals surface area (Å²) in [4.78, 5) is 51.5. The number of ether oxygens (including phenoxy) is 1. The summed E-state index contributed by atoms with van der Waals surface area (Å²) in [6, 6.07) is 10.5. The molecule has 32 heavy (non-hydrogen) atoms. The molecule has 1 atom stereocenters. The van der Waals surface area contributed by atoms with Gasteiger partial charge < -0.3 is 10.1 Å². The lowest BCUT2D eigenvalue weighted by molar-refractivity contribution is -0.384. The summed E-state index contributed by atoms with van der Waals surface area (Å²) in [6.07, 6.45) is -1.07. The van der Waals surface area contributed by atoms with Gasteiger partial charge in [-0.2, -0.15) is 0 Å². The number of hydrogen-bond donors (Lipinski definition) is 1. The van der Waals surface area contributed by atoms with Gasteiger partial charge in [0, 0.05) is 25.6 Å². The largest absolute Gasteiger partial charge is 0.453 e. The Morgan fingerprint density at radius 1 is 1.28 bits per heavy atom. The molecule has 1 heterocycles. The van der Waals surface area contributed by atoms with Gasteiger partial charge in [-0.25, -0.2) is 4.98 Å². The number of nitro benzene ring substituents is 1. The lowest BCUT2D eigenvalue weighted by Crippen LogP contribution is -2.30. The predicted octanol–water partition coefficient (Wildman–Crippen LogP) is 3.00. The van der Waals surface area contributed by atoms with Gasteiger partial charge in [0.05, 0.1) is 33.0 Å². The standard InChI is InChI=1S/C21H19ClN4O6/c1-12(20(28)24-17-8-7-13(26(30)31)11-15(17)22)32-19(27)10-9-18-23-16-6-4-3-5-14(16)21(29)25(18)2/h3-8,11-12H,9-10H2,1-2H3,(H,24,28). The number of fused-ring (bicyclic) bond motifs is 1. The fourth-order valence-electron chi connectivity index (χ4n) is 2.96. The van der Waals surface area contributed by atoms with Crippen LogP contribution in [0.15, 0.2) is 47.3 Å². The number of non-ortho nitro benzene ring substituents is 1. The van der Waals surface area contributed by atoms with E-state index < -0.39 is 22.9 Å². The van der Waals surface area contributed by atoms with Crippen molar-refractivity contribution in [3.05, 3.63) is 73.8 Å². The van der Waals surface area contributed by atoms with Crippen molar-refractivity contribution < 1.29 is 19.2 Å². The van der Waals surface area contributed by atoms with Crippen molar-refractivity contribution in [3.63, 3.8) is 0 Å². The van der Waals surface area contributed by atoms with Crippen molar-refractivity contribution in [2.45, 2.75) is 25.9 Å². The zero-order chi connectivity index (χ0) is 23.4. The summed E-state index contributed by atoms with van der Waals surface area (Å²) in [5.41, 5.74) is 0.253. The van der Waals surface area contributed by atoms with E-state index in [9.17, 15) is 24.5 Å². The molecule has 3 aromatic rings. The molecule has 11 heteroatoms. The van der Waals surface area contributed by atoms with Crippen LogP contribution in [0.25, 0.3) is 10.9 Å². The zero-order valence-electron chi connectivity index (χ0n) is 17.2. The molecule has 0 aliphatic carbocycles. The van der Waals surface area contributed by atoms with Gasteiger partial charge in [0.1, 0.15) is 5.82 Å². The molecule has 3 rings (SSSR count). The quantitative estimate of drug-likeness (QED) is 0.326. The maximum Gasteiger partial charge on any atom is 0.307 e. The van der Waals surface area contributed by atoms with Crippen molar-refractivity contribution in [2.24, 2.45) is 7.05 Å². The summed E-state index contributed by atoms with van der Waals surface area (Å²) in [7, 11) is 1.58. The van der Waals surface area contributed by atoms with Gasteiger partial charge in [0.15, 0.2) is 6.10 Å². The molecule has 0 saturated carbocycles. The average molecular weight is 459 g/mol. The Hall–Kier alpha value is -3.79. The van der Waals surface area contributed by atoms with E-state index in [0.717, 1.165) is 6.07 Å². The Labute approximate surface area is 186 Å². The van der Waals surface area contributed by atoms with Gasteiger partial charge in [-0.3, -0.25) is 29.1 Å². The third-order valence-corrected chi connectivity index (χ3v) is 5.04. The lowest BCUT2D eigenvalue weighted by Gasteiger charge is -2.14. The number of aromatic nitrogens is 2. The Bertz CT molecular complexity index is 1270. The van der Waals surface area contributed by atoms with Crippen LogP contribution in [0.2, 0.25) is 5.02 Å².